The highest BCUT2D eigenvalue weighted by atomic mass is 16.5. The average molecular weight is 257 g/mol. The molecule has 100 valence electrons. The fourth-order valence-electron chi connectivity index (χ4n) is 2.68. The fraction of sp³-hybridized carbons (Fsp3) is 0.467. The third kappa shape index (κ3) is 1.96. The molecule has 1 fully saturated rings. The molecule has 0 unspecified atom stereocenters. The van der Waals surface area contributed by atoms with Crippen LogP contribution in [0.15, 0.2) is 34.9 Å². The number of hydrogen-bond acceptors (Lipinski definition) is 4. The van der Waals surface area contributed by atoms with Gasteiger partial charge in [-0.3, -0.25) is 0 Å². The van der Waals surface area contributed by atoms with Crippen LogP contribution in [-0.4, -0.2) is 10.1 Å². The van der Waals surface area contributed by atoms with E-state index in [4.69, 9.17) is 10.3 Å². The smallest absolute Gasteiger partial charge is 0.243 e. The fourth-order valence-corrected chi connectivity index (χ4v) is 2.68. The second-order valence-electron chi connectivity index (χ2n) is 5.27. The predicted molar refractivity (Wildman–Crippen MR) is 72.6 cm³/mol. The molecule has 1 heterocycles. The molecule has 1 aromatic heterocycles. The Kier molecular flexibility index (Phi) is 3.11. The highest BCUT2D eigenvalue weighted by molar-refractivity contribution is 5.35. The van der Waals surface area contributed by atoms with Crippen molar-refractivity contribution in [1.29, 1.82) is 0 Å². The third-order valence-corrected chi connectivity index (χ3v) is 4.16. The predicted octanol–water partition coefficient (Wildman–Crippen LogP) is 2.95. The summed E-state index contributed by atoms with van der Waals surface area (Å²) < 4.78 is 5.33. The zero-order valence-corrected chi connectivity index (χ0v) is 11.2. The summed E-state index contributed by atoms with van der Waals surface area (Å²) in [5, 5.41) is 4.19. The number of aromatic nitrogens is 2. The maximum absolute atomic E-state index is 5.95. The summed E-state index contributed by atoms with van der Waals surface area (Å²) in [4.78, 5) is 4.55. The van der Waals surface area contributed by atoms with E-state index >= 15 is 0 Å². The Morgan fingerprint density at radius 2 is 2.05 bits per heavy atom. The summed E-state index contributed by atoms with van der Waals surface area (Å²) in [7, 11) is 0. The Morgan fingerprint density at radius 1 is 1.32 bits per heavy atom. The lowest BCUT2D eigenvalue weighted by atomic mass is 9.64. The molecular formula is C15H19N3O. The van der Waals surface area contributed by atoms with Gasteiger partial charge in [-0.15, -0.1) is 0 Å². The number of hydrogen-bond donors (Lipinski definition) is 1. The first-order chi connectivity index (χ1) is 9.26. The first-order valence-electron chi connectivity index (χ1n) is 6.91. The van der Waals surface area contributed by atoms with Gasteiger partial charge in [-0.2, -0.15) is 4.98 Å². The van der Waals surface area contributed by atoms with E-state index in [0.717, 1.165) is 25.1 Å². The van der Waals surface area contributed by atoms with Gasteiger partial charge in [0, 0.05) is 0 Å². The summed E-state index contributed by atoms with van der Waals surface area (Å²) in [6.07, 6.45) is 4.17. The molecule has 1 aliphatic rings. The molecule has 1 atom stereocenters. The number of benzene rings is 1. The van der Waals surface area contributed by atoms with Crippen molar-refractivity contribution < 1.29 is 4.52 Å². The first kappa shape index (κ1) is 12.4. The Bertz CT molecular complexity index is 546. The zero-order chi connectivity index (χ0) is 13.3. The van der Waals surface area contributed by atoms with Crippen molar-refractivity contribution >= 4 is 0 Å². The van der Waals surface area contributed by atoms with Crippen LogP contribution >= 0.6 is 0 Å². The first-order valence-corrected chi connectivity index (χ1v) is 6.91. The standard InChI is InChI=1S/C15H19N3O/c1-2-12(16)13-17-14(18-19-13)15(9-6-10-15)11-7-4-3-5-8-11/h3-5,7-8,12H,2,6,9-10,16H2,1H3/t12-/m0/s1. The largest absolute Gasteiger partial charge is 0.338 e. The second kappa shape index (κ2) is 4.78. The molecule has 4 heteroatoms. The number of nitrogens with zero attached hydrogens (tertiary/aromatic N) is 2. The van der Waals surface area contributed by atoms with Gasteiger partial charge in [0.1, 0.15) is 0 Å². The summed E-state index contributed by atoms with van der Waals surface area (Å²) >= 11 is 0. The van der Waals surface area contributed by atoms with E-state index in [9.17, 15) is 0 Å². The molecular weight excluding hydrogens is 238 g/mol. The van der Waals surface area contributed by atoms with E-state index in [1.54, 1.807) is 0 Å². The molecule has 3 rings (SSSR count). The van der Waals surface area contributed by atoms with Crippen LogP contribution in [0.3, 0.4) is 0 Å². The van der Waals surface area contributed by atoms with Crippen molar-refractivity contribution in [3.63, 3.8) is 0 Å². The van der Waals surface area contributed by atoms with Crippen LogP contribution in [0, 0.1) is 0 Å². The monoisotopic (exact) mass is 257 g/mol. The van der Waals surface area contributed by atoms with Crippen LogP contribution in [0.1, 0.15) is 55.9 Å². The van der Waals surface area contributed by atoms with Crippen molar-refractivity contribution in [3.8, 4) is 0 Å². The van der Waals surface area contributed by atoms with Gasteiger partial charge in [0.15, 0.2) is 5.82 Å². The minimum Gasteiger partial charge on any atom is -0.338 e. The normalized spacial score (nSPS) is 18.8. The maximum Gasteiger partial charge on any atom is 0.243 e. The van der Waals surface area contributed by atoms with Crippen molar-refractivity contribution in [3.05, 3.63) is 47.6 Å². The molecule has 19 heavy (non-hydrogen) atoms. The van der Waals surface area contributed by atoms with Crippen molar-refractivity contribution in [2.45, 2.75) is 44.1 Å². The van der Waals surface area contributed by atoms with Crippen molar-refractivity contribution in [2.24, 2.45) is 5.73 Å². The quantitative estimate of drug-likeness (QED) is 0.914. The average Bonchev–Trinajstić information content (AvgIpc) is 2.88. The third-order valence-electron chi connectivity index (χ3n) is 4.16. The van der Waals surface area contributed by atoms with E-state index < -0.39 is 0 Å². The van der Waals surface area contributed by atoms with Crippen LogP contribution in [0.5, 0.6) is 0 Å². The molecule has 0 radical (unpaired) electrons. The van der Waals surface area contributed by atoms with Crippen molar-refractivity contribution in [1.82, 2.24) is 10.1 Å². The van der Waals surface area contributed by atoms with Crippen LogP contribution < -0.4 is 5.73 Å². The van der Waals surface area contributed by atoms with Crippen LogP contribution in [0.2, 0.25) is 0 Å². The van der Waals surface area contributed by atoms with Crippen molar-refractivity contribution in [2.75, 3.05) is 0 Å². The van der Waals surface area contributed by atoms with Crippen LogP contribution in [0.25, 0.3) is 0 Å². The lowest BCUT2D eigenvalue weighted by Crippen LogP contribution is -2.36. The Hall–Kier alpha value is -1.68. The molecule has 0 amide bonds. The highest BCUT2D eigenvalue weighted by Crippen LogP contribution is 2.47. The lowest BCUT2D eigenvalue weighted by Gasteiger charge is -2.39. The Labute approximate surface area is 113 Å². The molecule has 0 aliphatic heterocycles. The molecule has 1 saturated carbocycles. The van der Waals surface area contributed by atoms with E-state index in [0.29, 0.717) is 5.89 Å². The van der Waals surface area contributed by atoms with Gasteiger partial charge in [0.25, 0.3) is 0 Å². The molecule has 0 bridgehead atoms. The topological polar surface area (TPSA) is 64.9 Å². The number of rotatable bonds is 4. The molecule has 2 aromatic rings. The summed E-state index contributed by atoms with van der Waals surface area (Å²) in [5.74, 6) is 1.35. The molecule has 1 aromatic carbocycles. The van der Waals surface area contributed by atoms with Gasteiger partial charge in [0.2, 0.25) is 5.89 Å². The minimum atomic E-state index is -0.158. The number of nitrogens with two attached hydrogens (primary N) is 1. The summed E-state index contributed by atoms with van der Waals surface area (Å²) in [6.45, 7) is 2.02. The second-order valence-corrected chi connectivity index (χ2v) is 5.27. The zero-order valence-electron chi connectivity index (χ0n) is 11.2. The molecule has 1 aliphatic carbocycles. The summed E-state index contributed by atoms with van der Waals surface area (Å²) in [6, 6.07) is 10.3. The maximum atomic E-state index is 5.95. The Morgan fingerprint density at radius 3 is 2.63 bits per heavy atom. The molecule has 2 N–H and O–H groups in total. The van der Waals surface area contributed by atoms with Gasteiger partial charge in [-0.1, -0.05) is 48.8 Å². The SMILES string of the molecule is CC[C@H](N)c1nc(C2(c3ccccc3)CCC2)no1. The summed E-state index contributed by atoms with van der Waals surface area (Å²) in [5.41, 5.74) is 7.17. The van der Waals surface area contributed by atoms with Crippen LogP contribution in [0.4, 0.5) is 0 Å². The van der Waals surface area contributed by atoms with E-state index in [1.165, 1.54) is 12.0 Å². The van der Waals surface area contributed by atoms with Gasteiger partial charge in [0.05, 0.1) is 11.5 Å². The molecule has 4 nitrogen and oxygen atoms in total. The van der Waals surface area contributed by atoms with E-state index in [-0.39, 0.29) is 11.5 Å². The van der Waals surface area contributed by atoms with Gasteiger partial charge >= 0.3 is 0 Å². The van der Waals surface area contributed by atoms with Gasteiger partial charge < -0.3 is 10.3 Å². The minimum absolute atomic E-state index is 0.0591. The molecule has 0 spiro atoms. The lowest BCUT2D eigenvalue weighted by molar-refractivity contribution is 0.269. The molecule has 0 saturated heterocycles. The van der Waals surface area contributed by atoms with Crippen LogP contribution in [-0.2, 0) is 5.41 Å². The Balaban J connectivity index is 1.97. The van der Waals surface area contributed by atoms with E-state index in [2.05, 4.69) is 34.4 Å². The van der Waals surface area contributed by atoms with Gasteiger partial charge in [-0.05, 0) is 24.8 Å². The van der Waals surface area contributed by atoms with E-state index in [1.807, 2.05) is 13.0 Å². The van der Waals surface area contributed by atoms with Gasteiger partial charge in [-0.25, -0.2) is 0 Å². The highest BCUT2D eigenvalue weighted by Gasteiger charge is 2.44.